The number of rotatable bonds is 5. The van der Waals surface area contributed by atoms with E-state index in [2.05, 4.69) is 31.3 Å². The maximum Gasteiger partial charge on any atom is 0.213 e. The molecule has 0 aromatic heterocycles. The number of Topliss-reactive ketones (excluding diaryl/α,β-unsaturated/α-hetero) is 1. The molecule has 0 bridgehead atoms. The minimum Gasteiger partial charge on any atom is -0.462 e. The van der Waals surface area contributed by atoms with E-state index in [1.807, 2.05) is 36.4 Å². The van der Waals surface area contributed by atoms with Crippen molar-refractivity contribution in [3.63, 3.8) is 0 Å². The van der Waals surface area contributed by atoms with Crippen LogP contribution < -0.4 is 5.32 Å². The zero-order valence-corrected chi connectivity index (χ0v) is 14.7. The molecule has 1 aliphatic heterocycles. The first-order chi connectivity index (χ1) is 12.2. The fourth-order valence-electron chi connectivity index (χ4n) is 3.36. The highest BCUT2D eigenvalue weighted by Crippen LogP contribution is 2.38. The van der Waals surface area contributed by atoms with Crippen LogP contribution in [-0.4, -0.2) is 11.8 Å². The molecule has 1 unspecified atom stereocenters. The van der Waals surface area contributed by atoms with Gasteiger partial charge in [-0.1, -0.05) is 55.5 Å². The van der Waals surface area contributed by atoms with E-state index in [0.29, 0.717) is 17.5 Å². The molecular formula is C22H23NO2. The van der Waals surface area contributed by atoms with Crippen molar-refractivity contribution in [1.82, 2.24) is 5.32 Å². The summed E-state index contributed by atoms with van der Waals surface area (Å²) in [5.74, 6) is 0.683. The molecule has 2 aromatic rings. The Labute approximate surface area is 148 Å². The maximum atomic E-state index is 13.2. The lowest BCUT2D eigenvalue weighted by molar-refractivity contribution is -0.120. The topological polar surface area (TPSA) is 38.3 Å². The Bertz CT molecular complexity index is 834. The molecule has 128 valence electrons. The van der Waals surface area contributed by atoms with E-state index in [1.54, 1.807) is 0 Å². The van der Waals surface area contributed by atoms with Gasteiger partial charge in [0.05, 0.1) is 5.57 Å². The highest BCUT2D eigenvalue weighted by Gasteiger charge is 2.39. The zero-order valence-electron chi connectivity index (χ0n) is 14.7. The second-order valence-electron chi connectivity index (χ2n) is 6.89. The van der Waals surface area contributed by atoms with Gasteiger partial charge in [-0.05, 0) is 42.9 Å². The summed E-state index contributed by atoms with van der Waals surface area (Å²) in [7, 11) is 0. The van der Waals surface area contributed by atoms with E-state index in [4.69, 9.17) is 4.74 Å². The normalized spacial score (nSPS) is 19.9. The molecule has 1 aliphatic carbocycles. The van der Waals surface area contributed by atoms with Crippen LogP contribution in [0, 0.1) is 6.92 Å². The van der Waals surface area contributed by atoms with Crippen LogP contribution in [0.25, 0.3) is 5.57 Å². The number of hydrogen-bond donors (Lipinski definition) is 1. The zero-order chi connectivity index (χ0) is 17.4. The lowest BCUT2D eigenvalue weighted by Crippen LogP contribution is -2.17. The van der Waals surface area contributed by atoms with Crippen molar-refractivity contribution in [2.75, 3.05) is 0 Å². The van der Waals surface area contributed by atoms with Gasteiger partial charge in [0.2, 0.25) is 5.78 Å². The molecular weight excluding hydrogens is 310 g/mol. The molecule has 0 radical (unpaired) electrons. The molecule has 2 aliphatic rings. The third-order valence-electron chi connectivity index (χ3n) is 4.97. The maximum absolute atomic E-state index is 13.2. The van der Waals surface area contributed by atoms with Gasteiger partial charge in [0.25, 0.3) is 0 Å². The van der Waals surface area contributed by atoms with E-state index < -0.39 is 6.10 Å². The lowest BCUT2D eigenvalue weighted by Gasteiger charge is -2.12. The summed E-state index contributed by atoms with van der Waals surface area (Å²) in [6, 6.07) is 16.4. The lowest BCUT2D eigenvalue weighted by atomic mass is 9.94. The summed E-state index contributed by atoms with van der Waals surface area (Å²) < 4.78 is 6.09. The quantitative estimate of drug-likeness (QED) is 0.885. The molecule has 3 heteroatoms. The fourth-order valence-corrected chi connectivity index (χ4v) is 3.36. The van der Waals surface area contributed by atoms with Gasteiger partial charge in [-0.15, -0.1) is 0 Å². The summed E-state index contributed by atoms with van der Waals surface area (Å²) in [4.78, 5) is 13.2. The number of benzene rings is 2. The van der Waals surface area contributed by atoms with Gasteiger partial charge in [-0.2, -0.15) is 0 Å². The minimum atomic E-state index is -0.552. The molecule has 1 heterocycles. The first-order valence-corrected chi connectivity index (χ1v) is 9.04. The van der Waals surface area contributed by atoms with Crippen molar-refractivity contribution in [3.8, 4) is 0 Å². The minimum absolute atomic E-state index is 0.0398. The summed E-state index contributed by atoms with van der Waals surface area (Å²) in [5, 5.41) is 3.42. The molecule has 0 saturated heterocycles. The SMILES string of the molecule is CCc1ccc(C2=C(NC3CC3)OC(c3ccccc3)C2=O)cc1C. The number of ketones is 1. The van der Waals surface area contributed by atoms with Crippen molar-refractivity contribution >= 4 is 11.4 Å². The van der Waals surface area contributed by atoms with Gasteiger partial charge in [-0.25, -0.2) is 0 Å². The van der Waals surface area contributed by atoms with Crippen molar-refractivity contribution < 1.29 is 9.53 Å². The Hall–Kier alpha value is -2.55. The molecule has 1 atom stereocenters. The van der Waals surface area contributed by atoms with Crippen LogP contribution in [0.5, 0.6) is 0 Å². The molecule has 1 fully saturated rings. The Balaban J connectivity index is 1.73. The highest BCUT2D eigenvalue weighted by atomic mass is 16.5. The molecule has 3 nitrogen and oxygen atoms in total. The van der Waals surface area contributed by atoms with E-state index in [-0.39, 0.29) is 5.78 Å². The third kappa shape index (κ3) is 3.07. The van der Waals surface area contributed by atoms with Crippen LogP contribution in [0.15, 0.2) is 54.4 Å². The highest BCUT2D eigenvalue weighted by molar-refractivity contribution is 6.25. The van der Waals surface area contributed by atoms with Gasteiger partial charge < -0.3 is 10.1 Å². The molecule has 25 heavy (non-hydrogen) atoms. The van der Waals surface area contributed by atoms with Crippen molar-refractivity contribution in [3.05, 3.63) is 76.7 Å². The summed E-state index contributed by atoms with van der Waals surface area (Å²) in [6.45, 7) is 4.25. The standard InChI is InChI=1S/C22H23NO2/c1-3-15-9-10-17(13-14(15)2)19-20(24)21(16-7-5-4-6-8-16)25-22(19)23-18-11-12-18/h4-10,13,18,21,23H,3,11-12H2,1-2H3. The number of nitrogens with one attached hydrogen (secondary N) is 1. The molecule has 0 amide bonds. The summed E-state index contributed by atoms with van der Waals surface area (Å²) in [6.07, 6.45) is 2.72. The molecule has 1 saturated carbocycles. The van der Waals surface area contributed by atoms with E-state index in [0.717, 1.165) is 30.4 Å². The monoisotopic (exact) mass is 333 g/mol. The molecule has 4 rings (SSSR count). The molecule has 1 N–H and O–H groups in total. The Morgan fingerprint density at radius 3 is 2.52 bits per heavy atom. The largest absolute Gasteiger partial charge is 0.462 e. The first-order valence-electron chi connectivity index (χ1n) is 9.04. The van der Waals surface area contributed by atoms with E-state index >= 15 is 0 Å². The first kappa shape index (κ1) is 15.9. The van der Waals surface area contributed by atoms with E-state index in [1.165, 1.54) is 11.1 Å². The number of carbonyl (C=O) groups excluding carboxylic acids is 1. The number of hydrogen-bond acceptors (Lipinski definition) is 3. The van der Waals surface area contributed by atoms with Gasteiger partial charge in [0.15, 0.2) is 12.0 Å². The second kappa shape index (κ2) is 6.40. The smallest absolute Gasteiger partial charge is 0.213 e. The Morgan fingerprint density at radius 1 is 1.12 bits per heavy atom. The Kier molecular flexibility index (Phi) is 4.08. The second-order valence-corrected chi connectivity index (χ2v) is 6.89. The average molecular weight is 333 g/mol. The van der Waals surface area contributed by atoms with Crippen molar-refractivity contribution in [2.24, 2.45) is 0 Å². The van der Waals surface area contributed by atoms with Crippen LogP contribution in [0.4, 0.5) is 0 Å². The van der Waals surface area contributed by atoms with E-state index in [9.17, 15) is 4.79 Å². The van der Waals surface area contributed by atoms with Crippen LogP contribution in [0.3, 0.4) is 0 Å². The number of carbonyl (C=O) groups is 1. The number of ether oxygens (including phenoxy) is 1. The Morgan fingerprint density at radius 2 is 1.88 bits per heavy atom. The average Bonchev–Trinajstić information content (AvgIpc) is 3.38. The van der Waals surface area contributed by atoms with Crippen LogP contribution >= 0.6 is 0 Å². The van der Waals surface area contributed by atoms with Gasteiger partial charge >= 0.3 is 0 Å². The third-order valence-corrected chi connectivity index (χ3v) is 4.97. The summed E-state index contributed by atoms with van der Waals surface area (Å²) in [5.41, 5.74) is 5.06. The number of aryl methyl sites for hydroxylation is 2. The van der Waals surface area contributed by atoms with Crippen molar-refractivity contribution in [1.29, 1.82) is 0 Å². The molecule has 0 spiro atoms. The van der Waals surface area contributed by atoms with Crippen LogP contribution in [-0.2, 0) is 16.0 Å². The van der Waals surface area contributed by atoms with Crippen LogP contribution in [0.2, 0.25) is 0 Å². The molecule has 2 aromatic carbocycles. The predicted octanol–water partition coefficient (Wildman–Crippen LogP) is 4.32. The van der Waals surface area contributed by atoms with Gasteiger partial charge in [0, 0.05) is 11.6 Å². The summed E-state index contributed by atoms with van der Waals surface area (Å²) >= 11 is 0. The fraction of sp³-hybridized carbons (Fsp3) is 0.318. The predicted molar refractivity (Wildman–Crippen MR) is 98.9 cm³/mol. The van der Waals surface area contributed by atoms with Gasteiger partial charge in [-0.3, -0.25) is 4.79 Å². The van der Waals surface area contributed by atoms with Crippen molar-refractivity contribution in [2.45, 2.75) is 45.3 Å². The van der Waals surface area contributed by atoms with Crippen LogP contribution in [0.1, 0.15) is 48.1 Å². The van der Waals surface area contributed by atoms with Gasteiger partial charge in [0.1, 0.15) is 0 Å².